The monoisotopic (exact) mass is 288 g/mol. The van der Waals surface area contributed by atoms with Gasteiger partial charge in [0.05, 0.1) is 8.66 Å². The zero-order valence-corrected chi connectivity index (χ0v) is 10.4. The number of halogens is 1. The van der Waals surface area contributed by atoms with E-state index < -0.39 is 0 Å². The van der Waals surface area contributed by atoms with Gasteiger partial charge in [-0.05, 0) is 34.5 Å². The number of hydrogen-bond donors (Lipinski definition) is 1. The molecule has 1 aromatic heterocycles. The lowest BCUT2D eigenvalue weighted by Gasteiger charge is -2.09. The van der Waals surface area contributed by atoms with Crippen LogP contribution in [0.3, 0.4) is 0 Å². The van der Waals surface area contributed by atoms with Crippen LogP contribution in [0.4, 0.5) is 4.79 Å². The van der Waals surface area contributed by atoms with Gasteiger partial charge in [0.25, 0.3) is 5.91 Å². The van der Waals surface area contributed by atoms with Crippen molar-refractivity contribution in [3.8, 4) is 0 Å². The highest BCUT2D eigenvalue weighted by molar-refractivity contribution is 9.11. The lowest BCUT2D eigenvalue weighted by atomic mass is 10.3. The molecular weight excluding hydrogens is 280 g/mol. The van der Waals surface area contributed by atoms with Crippen molar-refractivity contribution in [2.24, 2.45) is 0 Å². The number of imide groups is 1. The molecule has 2 heterocycles. The van der Waals surface area contributed by atoms with E-state index in [0.29, 0.717) is 18.0 Å². The highest BCUT2D eigenvalue weighted by Gasteiger charge is 2.28. The maximum atomic E-state index is 11.9. The van der Waals surface area contributed by atoms with Gasteiger partial charge >= 0.3 is 6.03 Å². The van der Waals surface area contributed by atoms with Crippen molar-refractivity contribution in [2.45, 2.75) is 6.92 Å². The van der Waals surface area contributed by atoms with E-state index in [1.807, 2.05) is 6.92 Å². The number of thiophene rings is 1. The maximum absolute atomic E-state index is 11.9. The highest BCUT2D eigenvalue weighted by Crippen LogP contribution is 2.28. The molecule has 4 nitrogen and oxygen atoms in total. The molecule has 1 aliphatic rings. The summed E-state index contributed by atoms with van der Waals surface area (Å²) >= 11 is 4.71. The van der Waals surface area contributed by atoms with Crippen LogP contribution in [-0.2, 0) is 0 Å². The Labute approximate surface area is 99.4 Å². The smallest absolute Gasteiger partial charge is 0.324 e. The van der Waals surface area contributed by atoms with Gasteiger partial charge in [0.15, 0.2) is 0 Å². The first-order valence-electron chi connectivity index (χ1n) is 4.45. The topological polar surface area (TPSA) is 49.4 Å². The Kier molecular flexibility index (Phi) is 2.79. The molecule has 0 bridgehead atoms. The predicted molar refractivity (Wildman–Crippen MR) is 61.2 cm³/mol. The summed E-state index contributed by atoms with van der Waals surface area (Å²) in [5, 5.41) is 2.60. The molecule has 80 valence electrons. The van der Waals surface area contributed by atoms with Crippen LogP contribution in [0.2, 0.25) is 0 Å². The molecule has 15 heavy (non-hydrogen) atoms. The Morgan fingerprint density at radius 1 is 1.67 bits per heavy atom. The normalized spacial score (nSPS) is 15.6. The van der Waals surface area contributed by atoms with E-state index in [1.165, 1.54) is 16.2 Å². The molecule has 0 spiro atoms. The molecule has 1 saturated heterocycles. The fourth-order valence-corrected chi connectivity index (χ4v) is 2.85. The molecule has 2 rings (SSSR count). The van der Waals surface area contributed by atoms with Crippen molar-refractivity contribution < 1.29 is 9.59 Å². The number of nitrogens with zero attached hydrogens (tertiary/aromatic N) is 1. The Hall–Kier alpha value is -0.880. The average Bonchev–Trinajstić information content (AvgIpc) is 2.74. The molecule has 0 aliphatic carbocycles. The van der Waals surface area contributed by atoms with Crippen LogP contribution in [0, 0.1) is 6.92 Å². The molecule has 1 aliphatic heterocycles. The molecule has 3 amide bonds. The fourth-order valence-electron chi connectivity index (χ4n) is 1.36. The molecule has 0 atom stereocenters. The lowest BCUT2D eigenvalue weighted by molar-refractivity contribution is 0.0834. The van der Waals surface area contributed by atoms with E-state index in [2.05, 4.69) is 21.2 Å². The van der Waals surface area contributed by atoms with E-state index in [1.54, 1.807) is 6.07 Å². The van der Waals surface area contributed by atoms with E-state index in [9.17, 15) is 9.59 Å². The van der Waals surface area contributed by atoms with Gasteiger partial charge in [-0.1, -0.05) is 0 Å². The van der Waals surface area contributed by atoms with Gasteiger partial charge in [0, 0.05) is 13.1 Å². The Balaban J connectivity index is 2.24. The molecular formula is C9H9BrN2O2S. The van der Waals surface area contributed by atoms with Gasteiger partial charge in [0.2, 0.25) is 0 Å². The summed E-state index contributed by atoms with van der Waals surface area (Å²) in [6, 6.07) is 1.49. The SMILES string of the molecule is Cc1cc(C(=O)N2CCNC2=O)sc1Br. The third-order valence-corrected chi connectivity index (χ3v) is 4.29. The van der Waals surface area contributed by atoms with Crippen molar-refractivity contribution in [3.05, 3.63) is 20.3 Å². The molecule has 6 heteroatoms. The summed E-state index contributed by atoms with van der Waals surface area (Å²) in [7, 11) is 0. The van der Waals surface area contributed by atoms with E-state index in [-0.39, 0.29) is 11.9 Å². The van der Waals surface area contributed by atoms with Crippen molar-refractivity contribution in [3.63, 3.8) is 0 Å². The van der Waals surface area contributed by atoms with Crippen LogP contribution in [0.5, 0.6) is 0 Å². The first kappa shape index (κ1) is 10.6. The summed E-state index contributed by atoms with van der Waals surface area (Å²) in [5.74, 6) is -0.219. The Morgan fingerprint density at radius 2 is 2.40 bits per heavy atom. The first-order chi connectivity index (χ1) is 7.09. The summed E-state index contributed by atoms with van der Waals surface area (Å²) in [6.07, 6.45) is 0. The predicted octanol–water partition coefficient (Wildman–Crippen LogP) is 1.98. The second kappa shape index (κ2) is 3.94. The van der Waals surface area contributed by atoms with Crippen LogP contribution in [0.25, 0.3) is 0 Å². The van der Waals surface area contributed by atoms with Gasteiger partial charge < -0.3 is 5.32 Å². The van der Waals surface area contributed by atoms with Crippen molar-refractivity contribution >= 4 is 39.2 Å². The third-order valence-electron chi connectivity index (χ3n) is 2.17. The van der Waals surface area contributed by atoms with Crippen LogP contribution in [-0.4, -0.2) is 29.9 Å². The number of aryl methyl sites for hydroxylation is 1. The summed E-state index contributed by atoms with van der Waals surface area (Å²) in [4.78, 5) is 25.0. The van der Waals surface area contributed by atoms with Crippen molar-refractivity contribution in [2.75, 3.05) is 13.1 Å². The van der Waals surface area contributed by atoms with Crippen LogP contribution >= 0.6 is 27.3 Å². The largest absolute Gasteiger partial charge is 0.336 e. The Morgan fingerprint density at radius 3 is 2.87 bits per heavy atom. The van der Waals surface area contributed by atoms with Crippen molar-refractivity contribution in [1.29, 1.82) is 0 Å². The maximum Gasteiger partial charge on any atom is 0.324 e. The minimum Gasteiger partial charge on any atom is -0.336 e. The molecule has 0 saturated carbocycles. The minimum absolute atomic E-state index is 0.219. The molecule has 1 fully saturated rings. The van der Waals surface area contributed by atoms with Gasteiger partial charge in [0.1, 0.15) is 0 Å². The fraction of sp³-hybridized carbons (Fsp3) is 0.333. The minimum atomic E-state index is -0.304. The highest BCUT2D eigenvalue weighted by atomic mass is 79.9. The van der Waals surface area contributed by atoms with Gasteiger partial charge in [-0.3, -0.25) is 9.69 Å². The summed E-state index contributed by atoms with van der Waals surface area (Å²) in [6.45, 7) is 2.91. The van der Waals surface area contributed by atoms with E-state index in [4.69, 9.17) is 0 Å². The zero-order valence-electron chi connectivity index (χ0n) is 8.04. The molecule has 0 aromatic carbocycles. The number of urea groups is 1. The van der Waals surface area contributed by atoms with Crippen LogP contribution in [0.1, 0.15) is 15.2 Å². The van der Waals surface area contributed by atoms with E-state index in [0.717, 1.165) is 9.35 Å². The van der Waals surface area contributed by atoms with E-state index >= 15 is 0 Å². The number of carbonyl (C=O) groups is 2. The number of carbonyl (C=O) groups excluding carboxylic acids is 2. The molecule has 0 radical (unpaired) electrons. The number of amides is 3. The number of hydrogen-bond acceptors (Lipinski definition) is 3. The first-order valence-corrected chi connectivity index (χ1v) is 6.06. The molecule has 1 N–H and O–H groups in total. The second-order valence-electron chi connectivity index (χ2n) is 3.26. The number of nitrogens with one attached hydrogen (secondary N) is 1. The second-order valence-corrected chi connectivity index (χ2v) is 5.63. The third kappa shape index (κ3) is 1.91. The van der Waals surface area contributed by atoms with Crippen molar-refractivity contribution in [1.82, 2.24) is 10.2 Å². The molecule has 1 aromatic rings. The average molecular weight is 289 g/mol. The van der Waals surface area contributed by atoms with Crippen LogP contribution < -0.4 is 5.32 Å². The molecule has 0 unspecified atom stereocenters. The lowest BCUT2D eigenvalue weighted by Crippen LogP contribution is -2.33. The van der Waals surface area contributed by atoms with Gasteiger partial charge in [-0.25, -0.2) is 4.79 Å². The van der Waals surface area contributed by atoms with Crippen LogP contribution in [0.15, 0.2) is 9.85 Å². The summed E-state index contributed by atoms with van der Waals surface area (Å²) in [5.41, 5.74) is 1.02. The van der Waals surface area contributed by atoms with Gasteiger partial charge in [-0.15, -0.1) is 11.3 Å². The zero-order chi connectivity index (χ0) is 11.0. The van der Waals surface area contributed by atoms with Gasteiger partial charge in [-0.2, -0.15) is 0 Å². The summed E-state index contributed by atoms with van der Waals surface area (Å²) < 4.78 is 0.936. The number of rotatable bonds is 1. The Bertz CT molecular complexity index is 410. The standard InChI is InChI=1S/C9H9BrN2O2S/c1-5-4-6(15-7(5)10)8(13)12-3-2-11-9(12)14/h4H,2-3H2,1H3,(H,11,14). The quantitative estimate of drug-likeness (QED) is 0.859.